The van der Waals surface area contributed by atoms with E-state index in [1.54, 1.807) is 44.0 Å². The number of nitrogens with zero attached hydrogens (tertiary/aromatic N) is 4. The molecule has 0 bridgehead atoms. The first-order chi connectivity index (χ1) is 16.5. The summed E-state index contributed by atoms with van der Waals surface area (Å²) in [6.07, 6.45) is 5.08. The van der Waals surface area contributed by atoms with Crippen molar-refractivity contribution in [3.8, 4) is 17.2 Å². The number of anilines is 1. The zero-order valence-electron chi connectivity index (χ0n) is 19.2. The molecule has 0 saturated carbocycles. The molecule has 0 saturated heterocycles. The minimum Gasteiger partial charge on any atom is -0.493 e. The highest BCUT2D eigenvalue weighted by atomic mass is 32.2. The van der Waals surface area contributed by atoms with E-state index < -0.39 is 0 Å². The Morgan fingerprint density at radius 2 is 1.85 bits per heavy atom. The summed E-state index contributed by atoms with van der Waals surface area (Å²) >= 11 is 1.32. The number of aromatic nitrogens is 4. The van der Waals surface area contributed by atoms with Crippen LogP contribution in [0.25, 0.3) is 5.69 Å². The number of ether oxygens (including phenoxy) is 2. The van der Waals surface area contributed by atoms with Gasteiger partial charge in [0.2, 0.25) is 5.91 Å². The molecule has 4 rings (SSSR count). The van der Waals surface area contributed by atoms with E-state index in [0.717, 1.165) is 11.3 Å². The van der Waals surface area contributed by atoms with Gasteiger partial charge in [0.05, 0.1) is 12.9 Å². The summed E-state index contributed by atoms with van der Waals surface area (Å²) in [6, 6.07) is 15.2. The molecule has 2 heterocycles. The van der Waals surface area contributed by atoms with Crippen molar-refractivity contribution in [2.24, 2.45) is 0 Å². The van der Waals surface area contributed by atoms with Crippen molar-refractivity contribution >= 4 is 23.4 Å². The van der Waals surface area contributed by atoms with Crippen LogP contribution in [0.3, 0.4) is 0 Å². The van der Waals surface area contributed by atoms with Gasteiger partial charge < -0.3 is 14.8 Å². The molecular weight excluding hydrogens is 450 g/mol. The minimum absolute atomic E-state index is 0.162. The number of methoxy groups -OCH3 is 1. The third-order valence-electron chi connectivity index (χ3n) is 5.21. The molecule has 0 spiro atoms. The predicted octanol–water partition coefficient (Wildman–Crippen LogP) is 4.60. The number of rotatable bonds is 9. The summed E-state index contributed by atoms with van der Waals surface area (Å²) in [6.45, 7) is 4.49. The highest BCUT2D eigenvalue weighted by Gasteiger charge is 2.13. The van der Waals surface area contributed by atoms with Crippen LogP contribution in [-0.2, 0) is 11.4 Å². The molecule has 1 amide bonds. The first kappa shape index (κ1) is 23.3. The molecule has 1 N–H and O–H groups in total. The summed E-state index contributed by atoms with van der Waals surface area (Å²) in [5.41, 5.74) is 4.96. The van der Waals surface area contributed by atoms with Gasteiger partial charge in [-0.3, -0.25) is 14.3 Å². The highest BCUT2D eigenvalue weighted by molar-refractivity contribution is 7.99. The van der Waals surface area contributed by atoms with E-state index >= 15 is 0 Å². The molecule has 4 aromatic rings. The fourth-order valence-corrected chi connectivity index (χ4v) is 3.94. The van der Waals surface area contributed by atoms with Crippen LogP contribution < -0.4 is 14.8 Å². The van der Waals surface area contributed by atoms with E-state index in [2.05, 4.69) is 46.5 Å². The van der Waals surface area contributed by atoms with Crippen LogP contribution >= 0.6 is 11.8 Å². The summed E-state index contributed by atoms with van der Waals surface area (Å²) < 4.78 is 13.2. The topological polar surface area (TPSA) is 91.2 Å². The molecule has 0 aliphatic rings. The Bertz CT molecular complexity index is 1280. The van der Waals surface area contributed by atoms with Crippen molar-refractivity contribution in [2.45, 2.75) is 25.6 Å². The fraction of sp³-hybridized carbons (Fsp3) is 0.200. The third kappa shape index (κ3) is 5.74. The van der Waals surface area contributed by atoms with Crippen LogP contribution in [0.5, 0.6) is 11.5 Å². The molecular formula is C25H25N5O3S. The highest BCUT2D eigenvalue weighted by Crippen LogP contribution is 2.31. The minimum atomic E-state index is -0.162. The summed E-state index contributed by atoms with van der Waals surface area (Å²) in [5, 5.41) is 11.7. The van der Waals surface area contributed by atoms with Gasteiger partial charge in [-0.15, -0.1) is 10.2 Å². The first-order valence-corrected chi connectivity index (χ1v) is 11.6. The summed E-state index contributed by atoms with van der Waals surface area (Å²) in [4.78, 5) is 16.6. The second-order valence-corrected chi connectivity index (χ2v) is 8.54. The average molecular weight is 476 g/mol. The maximum atomic E-state index is 12.6. The monoisotopic (exact) mass is 475 g/mol. The maximum absolute atomic E-state index is 12.6. The van der Waals surface area contributed by atoms with Gasteiger partial charge in [0.1, 0.15) is 12.9 Å². The summed E-state index contributed by atoms with van der Waals surface area (Å²) in [7, 11) is 1.58. The van der Waals surface area contributed by atoms with E-state index in [4.69, 9.17) is 9.47 Å². The van der Waals surface area contributed by atoms with Gasteiger partial charge in [0.25, 0.3) is 0 Å². The van der Waals surface area contributed by atoms with Gasteiger partial charge in [-0.1, -0.05) is 17.8 Å². The number of hydrogen-bond acceptors (Lipinski definition) is 7. The van der Waals surface area contributed by atoms with Crippen LogP contribution in [0, 0.1) is 13.8 Å². The van der Waals surface area contributed by atoms with Gasteiger partial charge >= 0.3 is 0 Å². The predicted molar refractivity (Wildman–Crippen MR) is 132 cm³/mol. The van der Waals surface area contributed by atoms with E-state index in [1.165, 1.54) is 22.9 Å². The van der Waals surface area contributed by atoms with E-state index in [9.17, 15) is 4.79 Å². The zero-order chi connectivity index (χ0) is 23.9. The van der Waals surface area contributed by atoms with Crippen LogP contribution in [0.2, 0.25) is 0 Å². The Morgan fingerprint density at radius 1 is 1.03 bits per heavy atom. The largest absolute Gasteiger partial charge is 0.493 e. The molecule has 0 atom stereocenters. The summed E-state index contributed by atoms with van der Waals surface area (Å²) in [5.74, 6) is 1.15. The van der Waals surface area contributed by atoms with Gasteiger partial charge in [-0.2, -0.15) is 0 Å². The number of carbonyl (C=O) groups is 1. The van der Waals surface area contributed by atoms with Crippen LogP contribution in [0.1, 0.15) is 16.7 Å². The van der Waals surface area contributed by atoms with E-state index in [0.29, 0.717) is 28.9 Å². The maximum Gasteiger partial charge on any atom is 0.234 e. The van der Waals surface area contributed by atoms with Gasteiger partial charge in [-0.05, 0) is 66.9 Å². The standard InChI is InChI=1S/C25H25N5O3S/c1-17-4-6-21(12-18(17)2)30-16-27-29-25(30)34-15-24(31)28-20-5-7-22(32-3)23(13-20)33-14-19-8-10-26-11-9-19/h4-13,16H,14-15H2,1-3H3,(H,28,31). The molecule has 0 fully saturated rings. The first-order valence-electron chi connectivity index (χ1n) is 10.6. The Kier molecular flexibility index (Phi) is 7.44. The van der Waals surface area contributed by atoms with Crippen molar-refractivity contribution in [2.75, 3.05) is 18.2 Å². The lowest BCUT2D eigenvalue weighted by molar-refractivity contribution is -0.113. The smallest absolute Gasteiger partial charge is 0.234 e. The van der Waals surface area contributed by atoms with Crippen molar-refractivity contribution in [3.05, 3.63) is 83.9 Å². The van der Waals surface area contributed by atoms with Gasteiger partial charge in [0, 0.05) is 29.8 Å². The van der Waals surface area contributed by atoms with E-state index in [-0.39, 0.29) is 11.7 Å². The Morgan fingerprint density at radius 3 is 2.62 bits per heavy atom. The number of nitrogens with one attached hydrogen (secondary N) is 1. The molecule has 0 aliphatic heterocycles. The van der Waals surface area contributed by atoms with Crippen molar-refractivity contribution < 1.29 is 14.3 Å². The van der Waals surface area contributed by atoms with Gasteiger partial charge in [0.15, 0.2) is 16.7 Å². The molecule has 0 aliphatic carbocycles. The molecule has 0 unspecified atom stereocenters. The van der Waals surface area contributed by atoms with Crippen molar-refractivity contribution in [3.63, 3.8) is 0 Å². The molecule has 8 nitrogen and oxygen atoms in total. The molecule has 174 valence electrons. The normalized spacial score (nSPS) is 10.7. The lowest BCUT2D eigenvalue weighted by Crippen LogP contribution is -2.14. The zero-order valence-corrected chi connectivity index (χ0v) is 20.0. The number of carbonyl (C=O) groups excluding carboxylic acids is 1. The lowest BCUT2D eigenvalue weighted by atomic mass is 10.1. The van der Waals surface area contributed by atoms with Gasteiger partial charge in [-0.25, -0.2) is 0 Å². The second-order valence-electron chi connectivity index (χ2n) is 7.60. The van der Waals surface area contributed by atoms with Crippen LogP contribution in [-0.4, -0.2) is 38.5 Å². The number of pyridine rings is 1. The number of hydrogen-bond donors (Lipinski definition) is 1. The molecule has 2 aromatic carbocycles. The van der Waals surface area contributed by atoms with Crippen LogP contribution in [0.4, 0.5) is 5.69 Å². The quantitative estimate of drug-likeness (QED) is 0.354. The Labute approximate surface area is 202 Å². The lowest BCUT2D eigenvalue weighted by Gasteiger charge is -2.13. The molecule has 34 heavy (non-hydrogen) atoms. The molecule has 9 heteroatoms. The number of amides is 1. The number of benzene rings is 2. The molecule has 0 radical (unpaired) electrons. The fourth-order valence-electron chi connectivity index (χ4n) is 3.21. The van der Waals surface area contributed by atoms with Crippen molar-refractivity contribution in [1.29, 1.82) is 0 Å². The SMILES string of the molecule is COc1ccc(NC(=O)CSc2nncn2-c2ccc(C)c(C)c2)cc1OCc1ccncc1. The second kappa shape index (κ2) is 10.8. The number of thioether (sulfide) groups is 1. The van der Waals surface area contributed by atoms with Crippen molar-refractivity contribution in [1.82, 2.24) is 19.7 Å². The molecule has 2 aromatic heterocycles. The van der Waals surface area contributed by atoms with Crippen LogP contribution in [0.15, 0.2) is 72.4 Å². The Balaban J connectivity index is 1.39. The third-order valence-corrected chi connectivity index (χ3v) is 6.15. The van der Waals surface area contributed by atoms with E-state index in [1.807, 2.05) is 22.8 Å². The Hall–Kier alpha value is -3.85. The number of aryl methyl sites for hydroxylation is 2. The average Bonchev–Trinajstić information content (AvgIpc) is 3.32.